The first-order chi connectivity index (χ1) is 7.15. The van der Waals surface area contributed by atoms with Gasteiger partial charge in [0.1, 0.15) is 16.3 Å². The monoisotopic (exact) mass is 270 g/mol. The summed E-state index contributed by atoms with van der Waals surface area (Å²) in [5.41, 5.74) is 0.795. The zero-order chi connectivity index (χ0) is 11.4. The molecule has 1 unspecified atom stereocenters. The van der Waals surface area contributed by atoms with Gasteiger partial charge in [0.15, 0.2) is 0 Å². The van der Waals surface area contributed by atoms with Gasteiger partial charge in [-0.05, 0) is 29.0 Å². The van der Waals surface area contributed by atoms with Crippen LogP contribution in [0, 0.1) is 11.3 Å². The van der Waals surface area contributed by atoms with Gasteiger partial charge in [-0.3, -0.25) is 4.90 Å². The van der Waals surface area contributed by atoms with Crippen LogP contribution in [0.1, 0.15) is 25.6 Å². The second-order valence-corrected chi connectivity index (χ2v) is 4.04. The van der Waals surface area contributed by atoms with Crippen molar-refractivity contribution in [3.8, 4) is 6.07 Å². The first-order valence-corrected chi connectivity index (χ1v) is 5.75. The number of nitrogens with zero attached hydrogens (tertiary/aromatic N) is 4. The number of hydrogen-bond donors (Lipinski definition) is 0. The van der Waals surface area contributed by atoms with Crippen molar-refractivity contribution in [1.82, 2.24) is 14.5 Å². The van der Waals surface area contributed by atoms with Crippen molar-refractivity contribution in [2.45, 2.75) is 19.9 Å². The van der Waals surface area contributed by atoms with Gasteiger partial charge in [0.2, 0.25) is 0 Å². The number of nitriles is 1. The van der Waals surface area contributed by atoms with E-state index >= 15 is 0 Å². The standard InChI is InChI=1S/C10H15BrN4/c1-4-15(5-2)8(6-12)9-10(11)14(3)7-13-9/h7-8H,4-5H2,1-3H3. The van der Waals surface area contributed by atoms with Crippen LogP contribution in [0.5, 0.6) is 0 Å². The normalized spacial score (nSPS) is 12.8. The highest BCUT2D eigenvalue weighted by Gasteiger charge is 2.22. The van der Waals surface area contributed by atoms with Crippen molar-refractivity contribution in [3.05, 3.63) is 16.6 Å². The lowest BCUT2D eigenvalue weighted by Crippen LogP contribution is -2.28. The third kappa shape index (κ3) is 2.39. The minimum atomic E-state index is -0.268. The van der Waals surface area contributed by atoms with Crippen molar-refractivity contribution in [2.75, 3.05) is 13.1 Å². The number of aryl methyl sites for hydroxylation is 1. The Hall–Kier alpha value is -0.860. The van der Waals surface area contributed by atoms with E-state index in [9.17, 15) is 5.26 Å². The predicted molar refractivity (Wildman–Crippen MR) is 62.2 cm³/mol. The highest BCUT2D eigenvalue weighted by Crippen LogP contribution is 2.25. The molecule has 0 saturated heterocycles. The Kier molecular flexibility index (Phi) is 4.30. The van der Waals surface area contributed by atoms with E-state index in [1.807, 2.05) is 25.5 Å². The minimum absolute atomic E-state index is 0.268. The second-order valence-electron chi connectivity index (χ2n) is 3.28. The smallest absolute Gasteiger partial charge is 0.143 e. The van der Waals surface area contributed by atoms with Crippen LogP contribution in [0.4, 0.5) is 0 Å². The fraction of sp³-hybridized carbons (Fsp3) is 0.600. The van der Waals surface area contributed by atoms with Crippen molar-refractivity contribution in [1.29, 1.82) is 5.26 Å². The molecule has 15 heavy (non-hydrogen) atoms. The summed E-state index contributed by atoms with van der Waals surface area (Å²) in [6.45, 7) is 5.78. The van der Waals surface area contributed by atoms with E-state index in [4.69, 9.17) is 0 Å². The molecule has 0 saturated carbocycles. The van der Waals surface area contributed by atoms with Gasteiger partial charge in [-0.25, -0.2) is 4.98 Å². The van der Waals surface area contributed by atoms with Gasteiger partial charge in [-0.15, -0.1) is 0 Å². The molecule has 1 aromatic heterocycles. The topological polar surface area (TPSA) is 44.9 Å². The molecule has 5 heteroatoms. The summed E-state index contributed by atoms with van der Waals surface area (Å²) >= 11 is 3.44. The number of halogens is 1. The van der Waals surface area contributed by atoms with E-state index in [2.05, 4.69) is 31.9 Å². The third-order valence-corrected chi connectivity index (χ3v) is 3.42. The Labute approximate surface area is 98.6 Å². The largest absolute Gasteiger partial charge is 0.328 e. The van der Waals surface area contributed by atoms with E-state index in [1.54, 1.807) is 6.33 Å². The van der Waals surface area contributed by atoms with E-state index in [-0.39, 0.29) is 6.04 Å². The Morgan fingerprint density at radius 3 is 2.53 bits per heavy atom. The molecular formula is C10H15BrN4. The van der Waals surface area contributed by atoms with Crippen molar-refractivity contribution >= 4 is 15.9 Å². The summed E-state index contributed by atoms with van der Waals surface area (Å²) in [4.78, 5) is 6.33. The van der Waals surface area contributed by atoms with Crippen LogP contribution in [0.25, 0.3) is 0 Å². The average molecular weight is 271 g/mol. The van der Waals surface area contributed by atoms with Crippen molar-refractivity contribution in [3.63, 3.8) is 0 Å². The van der Waals surface area contributed by atoms with Gasteiger partial charge >= 0.3 is 0 Å². The summed E-state index contributed by atoms with van der Waals surface area (Å²) in [6, 6.07) is 2.03. The van der Waals surface area contributed by atoms with Crippen LogP contribution in [0.15, 0.2) is 10.9 Å². The van der Waals surface area contributed by atoms with Crippen LogP contribution in [-0.4, -0.2) is 27.5 Å². The van der Waals surface area contributed by atoms with Crippen LogP contribution in [0.3, 0.4) is 0 Å². The van der Waals surface area contributed by atoms with Gasteiger partial charge in [-0.1, -0.05) is 13.8 Å². The summed E-state index contributed by atoms with van der Waals surface area (Å²) in [5, 5.41) is 9.18. The van der Waals surface area contributed by atoms with Crippen LogP contribution >= 0.6 is 15.9 Å². The van der Waals surface area contributed by atoms with Gasteiger partial charge < -0.3 is 4.57 Å². The molecule has 1 aromatic rings. The zero-order valence-electron chi connectivity index (χ0n) is 9.24. The molecule has 0 aromatic carbocycles. The maximum absolute atomic E-state index is 9.18. The fourth-order valence-electron chi connectivity index (χ4n) is 1.52. The minimum Gasteiger partial charge on any atom is -0.328 e. The Balaban J connectivity index is 3.03. The first-order valence-electron chi connectivity index (χ1n) is 4.96. The maximum Gasteiger partial charge on any atom is 0.143 e. The molecule has 0 aliphatic heterocycles. The van der Waals surface area contributed by atoms with Crippen molar-refractivity contribution < 1.29 is 0 Å². The molecule has 0 N–H and O–H groups in total. The predicted octanol–water partition coefficient (Wildman–Crippen LogP) is 2.09. The van der Waals surface area contributed by atoms with E-state index in [1.165, 1.54) is 0 Å². The molecule has 0 fully saturated rings. The van der Waals surface area contributed by atoms with Gasteiger partial charge in [0.05, 0.1) is 12.4 Å². The summed E-state index contributed by atoms with van der Waals surface area (Å²) in [6.07, 6.45) is 1.72. The van der Waals surface area contributed by atoms with Gasteiger partial charge in [-0.2, -0.15) is 5.26 Å². The number of imidazole rings is 1. The summed E-state index contributed by atoms with van der Waals surface area (Å²) in [5.74, 6) is 0. The molecule has 0 aliphatic carbocycles. The molecule has 0 spiro atoms. The highest BCUT2D eigenvalue weighted by molar-refractivity contribution is 9.10. The average Bonchev–Trinajstić information content (AvgIpc) is 2.57. The Morgan fingerprint density at radius 1 is 1.60 bits per heavy atom. The lowest BCUT2D eigenvalue weighted by Gasteiger charge is -2.22. The summed E-state index contributed by atoms with van der Waals surface area (Å²) in [7, 11) is 1.90. The molecule has 4 nitrogen and oxygen atoms in total. The Morgan fingerprint density at radius 2 is 2.20 bits per heavy atom. The molecule has 1 atom stereocenters. The molecule has 0 amide bonds. The van der Waals surface area contributed by atoms with Gasteiger partial charge in [0.25, 0.3) is 0 Å². The van der Waals surface area contributed by atoms with Crippen LogP contribution < -0.4 is 0 Å². The maximum atomic E-state index is 9.18. The van der Waals surface area contributed by atoms with Gasteiger partial charge in [0, 0.05) is 7.05 Å². The summed E-state index contributed by atoms with van der Waals surface area (Å²) < 4.78 is 2.74. The van der Waals surface area contributed by atoms with Crippen molar-refractivity contribution in [2.24, 2.45) is 7.05 Å². The molecule has 0 aliphatic rings. The van der Waals surface area contributed by atoms with E-state index in [0.29, 0.717) is 0 Å². The fourth-order valence-corrected chi connectivity index (χ4v) is 1.93. The van der Waals surface area contributed by atoms with Crippen LogP contribution in [0.2, 0.25) is 0 Å². The quantitative estimate of drug-likeness (QED) is 0.842. The molecule has 1 rings (SSSR count). The molecule has 82 valence electrons. The highest BCUT2D eigenvalue weighted by atomic mass is 79.9. The third-order valence-electron chi connectivity index (χ3n) is 2.45. The molecule has 1 heterocycles. The first kappa shape index (κ1) is 12.2. The van der Waals surface area contributed by atoms with E-state index in [0.717, 1.165) is 23.4 Å². The zero-order valence-corrected chi connectivity index (χ0v) is 10.8. The lowest BCUT2D eigenvalue weighted by molar-refractivity contribution is 0.258. The second kappa shape index (κ2) is 5.29. The molecule has 0 bridgehead atoms. The molecular weight excluding hydrogens is 256 g/mol. The molecule has 0 radical (unpaired) electrons. The lowest BCUT2D eigenvalue weighted by atomic mass is 10.2. The van der Waals surface area contributed by atoms with Crippen LogP contribution in [-0.2, 0) is 7.05 Å². The Bertz CT molecular complexity index is 362. The number of rotatable bonds is 4. The number of aromatic nitrogens is 2. The number of hydrogen-bond acceptors (Lipinski definition) is 3. The SMILES string of the molecule is CCN(CC)C(C#N)c1ncn(C)c1Br. The van der Waals surface area contributed by atoms with E-state index < -0.39 is 0 Å².